The summed E-state index contributed by atoms with van der Waals surface area (Å²) in [5.41, 5.74) is 0. The fraction of sp³-hybridized carbons (Fsp3) is 0.421. The number of esters is 1. The lowest BCUT2D eigenvalue weighted by molar-refractivity contribution is -0.139. The molecular weight excluding hydrogens is 276 g/mol. The highest BCUT2D eigenvalue weighted by atomic mass is 16.5. The molecule has 0 aliphatic carbocycles. The molecule has 0 saturated heterocycles. The van der Waals surface area contributed by atoms with Crippen molar-refractivity contribution in [3.63, 3.8) is 0 Å². The Bertz CT molecular complexity index is 504. The van der Waals surface area contributed by atoms with E-state index in [9.17, 15) is 9.90 Å². The first-order valence-electron chi connectivity index (χ1n) is 7.46. The van der Waals surface area contributed by atoms with Crippen LogP contribution in [-0.2, 0) is 9.53 Å². The van der Waals surface area contributed by atoms with Gasteiger partial charge in [0.2, 0.25) is 0 Å². The minimum atomic E-state index is -0.310. The Labute approximate surface area is 133 Å². The average Bonchev–Trinajstić information content (AvgIpc) is 2.47. The van der Waals surface area contributed by atoms with Crippen LogP contribution in [0, 0.1) is 23.7 Å². The largest absolute Gasteiger partial charge is 0.462 e. The third-order valence-corrected chi connectivity index (χ3v) is 2.51. The molecule has 0 spiro atoms. The highest BCUT2D eigenvalue weighted by molar-refractivity contribution is 5.66. The lowest BCUT2D eigenvalue weighted by Crippen LogP contribution is -2.04. The Hall–Kier alpha value is -2.23. The number of allylic oxidation sites excluding steroid dienone is 5. The maximum absolute atomic E-state index is 10.5. The molecule has 0 aliphatic rings. The monoisotopic (exact) mass is 300 g/mol. The van der Waals surface area contributed by atoms with Crippen LogP contribution in [0.3, 0.4) is 0 Å². The van der Waals surface area contributed by atoms with Gasteiger partial charge in [0, 0.05) is 6.92 Å². The molecule has 0 heterocycles. The Balaban J connectivity index is 3.80. The third kappa shape index (κ3) is 15.8. The number of aliphatic hydroxyl groups is 1. The Morgan fingerprint density at radius 1 is 1.14 bits per heavy atom. The molecule has 0 aliphatic heterocycles. The van der Waals surface area contributed by atoms with Crippen LogP contribution in [0.2, 0.25) is 0 Å². The molecule has 0 aromatic heterocycles. The Morgan fingerprint density at radius 2 is 1.86 bits per heavy atom. The van der Waals surface area contributed by atoms with E-state index in [1.807, 2.05) is 18.2 Å². The second-order valence-electron chi connectivity index (χ2n) is 4.55. The summed E-state index contributed by atoms with van der Waals surface area (Å²) >= 11 is 0. The standard InChI is InChI=1S/C19H24O3/c1-3-15-19(21)16-13-11-9-7-5-4-6-8-10-12-14-17-22-18(2)20/h5,7,9,11-12,14,19,21H,3,13,15-17H2,1-2H3/b7-5+,11-9+,14-12-/t19-/m0/s1. The summed E-state index contributed by atoms with van der Waals surface area (Å²) in [5.74, 6) is 10.5. The molecular formula is C19H24O3. The van der Waals surface area contributed by atoms with Crippen molar-refractivity contribution in [2.24, 2.45) is 0 Å². The summed E-state index contributed by atoms with van der Waals surface area (Å²) in [4.78, 5) is 10.5. The number of ether oxygens (including phenoxy) is 1. The summed E-state index contributed by atoms with van der Waals surface area (Å²) < 4.78 is 4.70. The van der Waals surface area contributed by atoms with E-state index in [0.29, 0.717) is 0 Å². The SMILES string of the molecule is CCC[C@H](O)CC/C=C/C=C/C#CC#C/C=C\COC(C)=O. The molecule has 0 radical (unpaired) electrons. The lowest BCUT2D eigenvalue weighted by atomic mass is 10.1. The molecule has 3 heteroatoms. The maximum Gasteiger partial charge on any atom is 0.302 e. The van der Waals surface area contributed by atoms with Crippen LogP contribution >= 0.6 is 0 Å². The molecule has 0 saturated carbocycles. The first-order chi connectivity index (χ1) is 10.7. The quantitative estimate of drug-likeness (QED) is 0.425. The molecule has 0 aromatic rings. The molecule has 0 aromatic carbocycles. The van der Waals surface area contributed by atoms with Gasteiger partial charge in [-0.15, -0.1) is 0 Å². The number of hydrogen-bond acceptors (Lipinski definition) is 3. The van der Waals surface area contributed by atoms with Gasteiger partial charge in [0.25, 0.3) is 0 Å². The van der Waals surface area contributed by atoms with E-state index in [2.05, 4.69) is 30.6 Å². The van der Waals surface area contributed by atoms with E-state index in [4.69, 9.17) is 4.74 Å². The maximum atomic E-state index is 10.5. The molecule has 118 valence electrons. The van der Waals surface area contributed by atoms with Crippen molar-refractivity contribution in [2.45, 2.75) is 45.6 Å². The molecule has 0 rings (SSSR count). The minimum absolute atomic E-state index is 0.192. The van der Waals surface area contributed by atoms with Crippen molar-refractivity contribution in [1.82, 2.24) is 0 Å². The molecule has 1 N–H and O–H groups in total. The number of carbonyl (C=O) groups is 1. The van der Waals surface area contributed by atoms with Crippen LogP contribution < -0.4 is 0 Å². The van der Waals surface area contributed by atoms with Gasteiger partial charge >= 0.3 is 5.97 Å². The van der Waals surface area contributed by atoms with Crippen molar-refractivity contribution in [3.8, 4) is 23.7 Å². The minimum Gasteiger partial charge on any atom is -0.462 e. The molecule has 0 unspecified atom stereocenters. The van der Waals surface area contributed by atoms with Crippen molar-refractivity contribution in [3.05, 3.63) is 36.5 Å². The molecule has 3 nitrogen and oxygen atoms in total. The fourth-order valence-electron chi connectivity index (χ4n) is 1.47. The van der Waals surface area contributed by atoms with E-state index in [1.54, 1.807) is 18.2 Å². The topological polar surface area (TPSA) is 46.5 Å². The number of aliphatic hydroxyl groups excluding tert-OH is 1. The average molecular weight is 300 g/mol. The van der Waals surface area contributed by atoms with Crippen molar-refractivity contribution in [2.75, 3.05) is 6.61 Å². The normalized spacial score (nSPS) is 12.0. The van der Waals surface area contributed by atoms with Gasteiger partial charge in [0.1, 0.15) is 6.61 Å². The molecule has 0 amide bonds. The highest BCUT2D eigenvalue weighted by Crippen LogP contribution is 2.04. The first-order valence-corrected chi connectivity index (χ1v) is 7.46. The van der Waals surface area contributed by atoms with Crippen LogP contribution in [0.5, 0.6) is 0 Å². The third-order valence-electron chi connectivity index (χ3n) is 2.51. The fourth-order valence-corrected chi connectivity index (χ4v) is 1.47. The van der Waals surface area contributed by atoms with Crippen molar-refractivity contribution in [1.29, 1.82) is 0 Å². The van der Waals surface area contributed by atoms with Crippen LogP contribution in [0.15, 0.2) is 36.5 Å². The zero-order chi connectivity index (χ0) is 16.5. The second kappa shape index (κ2) is 15.2. The lowest BCUT2D eigenvalue weighted by Gasteiger charge is -2.05. The summed E-state index contributed by atoms with van der Waals surface area (Å²) in [6.45, 7) is 3.66. The number of rotatable bonds is 8. The van der Waals surface area contributed by atoms with Gasteiger partial charge in [0.05, 0.1) is 6.10 Å². The predicted octanol–water partition coefficient (Wildman–Crippen LogP) is 3.17. The van der Waals surface area contributed by atoms with Crippen LogP contribution in [0.4, 0.5) is 0 Å². The molecule has 0 bridgehead atoms. The number of carbonyl (C=O) groups excluding carboxylic acids is 1. The van der Waals surface area contributed by atoms with Crippen LogP contribution in [0.25, 0.3) is 0 Å². The smallest absolute Gasteiger partial charge is 0.302 e. The van der Waals surface area contributed by atoms with Crippen molar-refractivity contribution < 1.29 is 14.6 Å². The van der Waals surface area contributed by atoms with E-state index < -0.39 is 0 Å². The van der Waals surface area contributed by atoms with Crippen LogP contribution in [-0.4, -0.2) is 23.8 Å². The van der Waals surface area contributed by atoms with Gasteiger partial charge < -0.3 is 9.84 Å². The molecule has 1 atom stereocenters. The van der Waals surface area contributed by atoms with E-state index >= 15 is 0 Å². The summed E-state index contributed by atoms with van der Waals surface area (Å²) in [5, 5.41) is 9.53. The summed E-state index contributed by atoms with van der Waals surface area (Å²) in [7, 11) is 0. The van der Waals surface area contributed by atoms with Crippen LogP contribution in [0.1, 0.15) is 39.5 Å². The predicted molar refractivity (Wildman–Crippen MR) is 89.8 cm³/mol. The molecule has 22 heavy (non-hydrogen) atoms. The zero-order valence-corrected chi connectivity index (χ0v) is 13.3. The van der Waals surface area contributed by atoms with E-state index in [0.717, 1.165) is 25.7 Å². The summed E-state index contributed by atoms with van der Waals surface area (Å²) in [6, 6.07) is 0. The van der Waals surface area contributed by atoms with Gasteiger partial charge in [-0.3, -0.25) is 4.79 Å². The van der Waals surface area contributed by atoms with Gasteiger partial charge in [0.15, 0.2) is 0 Å². The molecule has 0 fully saturated rings. The second-order valence-corrected chi connectivity index (χ2v) is 4.55. The van der Waals surface area contributed by atoms with E-state index in [-0.39, 0.29) is 18.7 Å². The Morgan fingerprint density at radius 3 is 2.55 bits per heavy atom. The van der Waals surface area contributed by atoms with Gasteiger partial charge in [-0.2, -0.15) is 0 Å². The van der Waals surface area contributed by atoms with Gasteiger partial charge in [-0.25, -0.2) is 0 Å². The first kappa shape index (κ1) is 19.8. The van der Waals surface area contributed by atoms with E-state index in [1.165, 1.54) is 6.92 Å². The highest BCUT2D eigenvalue weighted by Gasteiger charge is 1.98. The number of hydrogen-bond donors (Lipinski definition) is 1. The Kier molecular flexibility index (Phi) is 13.6. The van der Waals surface area contributed by atoms with Crippen molar-refractivity contribution >= 4 is 5.97 Å². The zero-order valence-electron chi connectivity index (χ0n) is 13.3. The van der Waals surface area contributed by atoms with Gasteiger partial charge in [-0.05, 0) is 49.3 Å². The van der Waals surface area contributed by atoms with Gasteiger partial charge in [-0.1, -0.05) is 43.4 Å². The summed E-state index contributed by atoms with van der Waals surface area (Å²) in [6.07, 6.45) is 14.1.